The van der Waals surface area contributed by atoms with Crippen molar-refractivity contribution < 1.29 is 18.3 Å². The monoisotopic (exact) mass is 279 g/mol. The van der Waals surface area contributed by atoms with Gasteiger partial charge in [0.1, 0.15) is 10.6 Å². The highest BCUT2D eigenvalue weighted by molar-refractivity contribution is 7.89. The van der Waals surface area contributed by atoms with Crippen molar-refractivity contribution in [3.8, 4) is 5.75 Å². The fraction of sp³-hybridized carbons (Fsp3) is 0.400. The van der Waals surface area contributed by atoms with E-state index in [0.29, 0.717) is 11.6 Å². The summed E-state index contributed by atoms with van der Waals surface area (Å²) < 4.78 is 31.2. The van der Waals surface area contributed by atoms with Gasteiger partial charge >= 0.3 is 0 Å². The van der Waals surface area contributed by atoms with Gasteiger partial charge in [-0.3, -0.25) is 0 Å². The molecule has 7 heteroatoms. The van der Waals surface area contributed by atoms with Crippen molar-refractivity contribution in [2.75, 3.05) is 19.8 Å². The van der Waals surface area contributed by atoms with E-state index in [1.165, 1.54) is 12.1 Å². The summed E-state index contributed by atoms with van der Waals surface area (Å²) in [6.07, 6.45) is 0. The second-order valence-electron chi connectivity index (χ2n) is 3.15. The van der Waals surface area contributed by atoms with Crippen LogP contribution in [0.1, 0.15) is 6.92 Å². The zero-order valence-electron chi connectivity index (χ0n) is 9.31. The standard InChI is InChI=1S/C10H14ClNO4S/c1-2-16-9-4-3-8(11)7-10(9)17(14,15)12-5-6-13/h3-4,7,12-13H,2,5-6H2,1H3. The second-order valence-corrected chi connectivity index (χ2v) is 5.32. The number of aliphatic hydroxyl groups is 1. The van der Waals surface area contributed by atoms with Crippen LogP contribution in [0.3, 0.4) is 0 Å². The molecule has 1 aromatic rings. The molecule has 0 fully saturated rings. The molecule has 0 radical (unpaired) electrons. The molecule has 0 amide bonds. The molecule has 0 saturated heterocycles. The zero-order chi connectivity index (χ0) is 12.9. The maximum Gasteiger partial charge on any atom is 0.244 e. The molecule has 0 bridgehead atoms. The van der Waals surface area contributed by atoms with E-state index in [-0.39, 0.29) is 23.8 Å². The first-order chi connectivity index (χ1) is 8.01. The van der Waals surface area contributed by atoms with Crippen molar-refractivity contribution in [2.45, 2.75) is 11.8 Å². The van der Waals surface area contributed by atoms with Crippen LogP contribution in [0.4, 0.5) is 0 Å². The van der Waals surface area contributed by atoms with E-state index < -0.39 is 10.0 Å². The molecule has 96 valence electrons. The predicted octanol–water partition coefficient (Wildman–Crippen LogP) is 1.01. The number of ether oxygens (including phenoxy) is 1. The van der Waals surface area contributed by atoms with Gasteiger partial charge in [-0.2, -0.15) is 0 Å². The summed E-state index contributed by atoms with van der Waals surface area (Å²) in [6.45, 7) is 1.78. The minimum atomic E-state index is -3.72. The maximum absolute atomic E-state index is 11.9. The van der Waals surface area contributed by atoms with Gasteiger partial charge < -0.3 is 9.84 Å². The highest BCUT2D eigenvalue weighted by Gasteiger charge is 2.19. The quantitative estimate of drug-likeness (QED) is 0.815. The van der Waals surface area contributed by atoms with Crippen molar-refractivity contribution in [1.82, 2.24) is 4.72 Å². The third kappa shape index (κ3) is 3.85. The van der Waals surface area contributed by atoms with Crippen LogP contribution in [0.15, 0.2) is 23.1 Å². The Balaban J connectivity index is 3.13. The van der Waals surface area contributed by atoms with Gasteiger partial charge in [0.2, 0.25) is 10.0 Å². The Bertz CT molecular complexity index is 475. The Morgan fingerprint density at radius 2 is 2.18 bits per heavy atom. The smallest absolute Gasteiger partial charge is 0.244 e. The normalized spacial score (nSPS) is 11.5. The van der Waals surface area contributed by atoms with Gasteiger partial charge in [-0.15, -0.1) is 0 Å². The van der Waals surface area contributed by atoms with E-state index in [9.17, 15) is 8.42 Å². The maximum atomic E-state index is 11.9. The lowest BCUT2D eigenvalue weighted by atomic mass is 10.3. The van der Waals surface area contributed by atoms with Gasteiger partial charge in [0, 0.05) is 11.6 Å². The SMILES string of the molecule is CCOc1ccc(Cl)cc1S(=O)(=O)NCCO. The molecular weight excluding hydrogens is 266 g/mol. The van der Waals surface area contributed by atoms with Crippen LogP contribution < -0.4 is 9.46 Å². The molecule has 2 N–H and O–H groups in total. The molecule has 0 heterocycles. The Hall–Kier alpha value is -0.820. The molecule has 0 aliphatic rings. The third-order valence-corrected chi connectivity index (χ3v) is 3.62. The molecule has 0 aromatic heterocycles. The summed E-state index contributed by atoms with van der Waals surface area (Å²) in [7, 11) is -3.72. The van der Waals surface area contributed by atoms with E-state index in [0.717, 1.165) is 0 Å². The molecule has 0 atom stereocenters. The van der Waals surface area contributed by atoms with E-state index in [2.05, 4.69) is 4.72 Å². The van der Waals surface area contributed by atoms with Crippen LogP contribution in [-0.4, -0.2) is 33.3 Å². The Morgan fingerprint density at radius 1 is 1.47 bits per heavy atom. The van der Waals surface area contributed by atoms with Gasteiger partial charge in [0.25, 0.3) is 0 Å². The summed E-state index contributed by atoms with van der Waals surface area (Å²) in [5.74, 6) is 0.238. The lowest BCUT2D eigenvalue weighted by molar-refractivity contribution is 0.300. The van der Waals surface area contributed by atoms with Crippen molar-refractivity contribution in [3.63, 3.8) is 0 Å². The lowest BCUT2D eigenvalue weighted by Crippen LogP contribution is -2.27. The number of hydrogen-bond donors (Lipinski definition) is 2. The van der Waals surface area contributed by atoms with Crippen LogP contribution >= 0.6 is 11.6 Å². The largest absolute Gasteiger partial charge is 0.492 e. The summed E-state index contributed by atoms with van der Waals surface area (Å²) in [4.78, 5) is -0.0275. The van der Waals surface area contributed by atoms with E-state index in [1.54, 1.807) is 13.0 Å². The first-order valence-electron chi connectivity index (χ1n) is 5.04. The molecule has 0 saturated carbocycles. The van der Waals surface area contributed by atoms with Gasteiger partial charge in [-0.05, 0) is 25.1 Å². The topological polar surface area (TPSA) is 75.6 Å². The molecule has 0 aliphatic carbocycles. The number of halogens is 1. The predicted molar refractivity (Wildman–Crippen MR) is 64.9 cm³/mol. The molecular formula is C10H14ClNO4S. The van der Waals surface area contributed by atoms with Crippen LogP contribution in [0, 0.1) is 0 Å². The zero-order valence-corrected chi connectivity index (χ0v) is 10.9. The van der Waals surface area contributed by atoms with E-state index in [1.807, 2.05) is 0 Å². The minimum Gasteiger partial charge on any atom is -0.492 e. The lowest BCUT2D eigenvalue weighted by Gasteiger charge is -2.11. The van der Waals surface area contributed by atoms with Crippen molar-refractivity contribution in [1.29, 1.82) is 0 Å². The molecule has 0 aliphatic heterocycles. The van der Waals surface area contributed by atoms with Gasteiger partial charge in [0.05, 0.1) is 13.2 Å². The number of sulfonamides is 1. The average Bonchev–Trinajstić information content (AvgIpc) is 2.29. The van der Waals surface area contributed by atoms with Gasteiger partial charge in [-0.1, -0.05) is 11.6 Å². The number of benzene rings is 1. The van der Waals surface area contributed by atoms with E-state index in [4.69, 9.17) is 21.4 Å². The minimum absolute atomic E-state index is 0.0275. The van der Waals surface area contributed by atoms with Gasteiger partial charge in [-0.25, -0.2) is 13.1 Å². The van der Waals surface area contributed by atoms with Crippen molar-refractivity contribution in [3.05, 3.63) is 23.2 Å². The van der Waals surface area contributed by atoms with Crippen molar-refractivity contribution >= 4 is 21.6 Å². The molecule has 5 nitrogen and oxygen atoms in total. The van der Waals surface area contributed by atoms with Crippen molar-refractivity contribution in [2.24, 2.45) is 0 Å². The fourth-order valence-corrected chi connectivity index (χ4v) is 2.65. The third-order valence-electron chi connectivity index (χ3n) is 1.90. The molecule has 1 rings (SSSR count). The van der Waals surface area contributed by atoms with Crippen LogP contribution in [-0.2, 0) is 10.0 Å². The van der Waals surface area contributed by atoms with E-state index >= 15 is 0 Å². The van der Waals surface area contributed by atoms with Crippen LogP contribution in [0.2, 0.25) is 5.02 Å². The average molecular weight is 280 g/mol. The van der Waals surface area contributed by atoms with Crippen LogP contribution in [0.25, 0.3) is 0 Å². The number of rotatable bonds is 6. The second kappa shape index (κ2) is 6.20. The molecule has 1 aromatic carbocycles. The summed E-state index contributed by atoms with van der Waals surface area (Å²) >= 11 is 5.76. The first kappa shape index (κ1) is 14.2. The number of hydrogen-bond acceptors (Lipinski definition) is 4. The highest BCUT2D eigenvalue weighted by atomic mass is 35.5. The molecule has 0 spiro atoms. The summed E-state index contributed by atoms with van der Waals surface area (Å²) in [5.41, 5.74) is 0. The highest BCUT2D eigenvalue weighted by Crippen LogP contribution is 2.27. The Kier molecular flexibility index (Phi) is 5.20. The van der Waals surface area contributed by atoms with Gasteiger partial charge in [0.15, 0.2) is 0 Å². The Morgan fingerprint density at radius 3 is 2.76 bits per heavy atom. The first-order valence-corrected chi connectivity index (χ1v) is 6.90. The molecule has 0 unspecified atom stereocenters. The fourth-order valence-electron chi connectivity index (χ4n) is 1.22. The Labute approximate surface area is 105 Å². The number of nitrogens with one attached hydrogen (secondary N) is 1. The summed E-state index contributed by atoms with van der Waals surface area (Å²) in [6, 6.07) is 4.36. The number of aliphatic hydroxyl groups excluding tert-OH is 1. The van der Waals surface area contributed by atoms with Crippen LogP contribution in [0.5, 0.6) is 5.75 Å². The molecule has 17 heavy (non-hydrogen) atoms. The summed E-state index contributed by atoms with van der Waals surface area (Å²) in [5, 5.41) is 8.92.